The Hall–Kier alpha value is -2.69. The Morgan fingerprint density at radius 2 is 2.00 bits per heavy atom. The van der Waals surface area contributed by atoms with Gasteiger partial charge < -0.3 is 9.30 Å². The molecular formula is C17H17N3O2. The van der Waals surface area contributed by atoms with E-state index in [0.717, 1.165) is 22.6 Å². The summed E-state index contributed by atoms with van der Waals surface area (Å²) in [7, 11) is 1.92. The van der Waals surface area contributed by atoms with Crippen molar-refractivity contribution < 1.29 is 9.53 Å². The highest BCUT2D eigenvalue weighted by atomic mass is 16.5. The SMILES string of the molecule is Cc1ccc(C(=O)O[C@H](C)c2nc3ccccc3n2C)cn1. The number of fused-ring (bicyclic) bond motifs is 1. The molecule has 0 saturated heterocycles. The number of esters is 1. The topological polar surface area (TPSA) is 57.0 Å². The lowest BCUT2D eigenvalue weighted by molar-refractivity contribution is 0.0315. The quantitative estimate of drug-likeness (QED) is 0.696. The number of benzene rings is 1. The van der Waals surface area contributed by atoms with E-state index in [9.17, 15) is 4.79 Å². The van der Waals surface area contributed by atoms with Crippen LogP contribution in [0, 0.1) is 6.92 Å². The lowest BCUT2D eigenvalue weighted by atomic mass is 10.2. The number of carbonyl (C=O) groups is 1. The van der Waals surface area contributed by atoms with E-state index < -0.39 is 12.1 Å². The molecule has 22 heavy (non-hydrogen) atoms. The van der Waals surface area contributed by atoms with Gasteiger partial charge in [0.15, 0.2) is 11.9 Å². The Labute approximate surface area is 128 Å². The van der Waals surface area contributed by atoms with Crippen molar-refractivity contribution >= 4 is 17.0 Å². The largest absolute Gasteiger partial charge is 0.451 e. The number of imidazole rings is 1. The average molecular weight is 295 g/mol. The molecule has 0 bridgehead atoms. The van der Waals surface area contributed by atoms with Crippen LogP contribution < -0.4 is 0 Å². The summed E-state index contributed by atoms with van der Waals surface area (Å²) in [6.07, 6.45) is 1.09. The summed E-state index contributed by atoms with van der Waals surface area (Å²) >= 11 is 0. The van der Waals surface area contributed by atoms with Gasteiger partial charge in [0.1, 0.15) is 0 Å². The molecule has 0 fully saturated rings. The monoisotopic (exact) mass is 295 g/mol. The summed E-state index contributed by atoms with van der Waals surface area (Å²) in [6.45, 7) is 3.69. The van der Waals surface area contributed by atoms with Crippen molar-refractivity contribution in [1.82, 2.24) is 14.5 Å². The standard InChI is InChI=1S/C17H17N3O2/c1-11-8-9-13(10-18-11)17(21)22-12(2)16-19-14-6-4-5-7-15(14)20(16)3/h4-10,12H,1-3H3/t12-/m1/s1. The molecule has 0 aliphatic heterocycles. The first-order chi connectivity index (χ1) is 10.6. The third kappa shape index (κ3) is 2.57. The predicted octanol–water partition coefficient (Wildman–Crippen LogP) is 3.19. The molecule has 3 rings (SSSR count). The highest BCUT2D eigenvalue weighted by Gasteiger charge is 2.19. The number of rotatable bonds is 3. The van der Waals surface area contributed by atoms with Gasteiger partial charge in [0, 0.05) is 18.9 Å². The van der Waals surface area contributed by atoms with Gasteiger partial charge in [0.05, 0.1) is 16.6 Å². The molecule has 0 amide bonds. The number of ether oxygens (including phenoxy) is 1. The Bertz CT molecular complexity index is 822. The fraction of sp³-hybridized carbons (Fsp3) is 0.235. The normalized spacial score (nSPS) is 12.3. The van der Waals surface area contributed by atoms with Crippen molar-refractivity contribution in [3.05, 3.63) is 59.7 Å². The first-order valence-corrected chi connectivity index (χ1v) is 7.11. The van der Waals surface area contributed by atoms with Crippen molar-refractivity contribution in [1.29, 1.82) is 0 Å². The van der Waals surface area contributed by atoms with Gasteiger partial charge >= 0.3 is 5.97 Å². The number of para-hydroxylation sites is 2. The molecule has 0 saturated carbocycles. The fourth-order valence-electron chi connectivity index (χ4n) is 2.40. The van der Waals surface area contributed by atoms with Crippen LogP contribution in [0.15, 0.2) is 42.6 Å². The molecule has 5 heteroatoms. The third-order valence-electron chi connectivity index (χ3n) is 3.62. The minimum atomic E-state index is -0.439. The number of aromatic nitrogens is 3. The number of aryl methyl sites for hydroxylation is 2. The first-order valence-electron chi connectivity index (χ1n) is 7.11. The summed E-state index contributed by atoms with van der Waals surface area (Å²) < 4.78 is 7.46. The molecule has 0 unspecified atom stereocenters. The fourth-order valence-corrected chi connectivity index (χ4v) is 2.40. The lowest BCUT2D eigenvalue weighted by Crippen LogP contribution is -2.13. The van der Waals surface area contributed by atoms with E-state index in [1.807, 2.05) is 49.7 Å². The molecule has 112 valence electrons. The third-order valence-corrected chi connectivity index (χ3v) is 3.62. The molecule has 1 atom stereocenters. The second kappa shape index (κ2) is 5.60. The second-order valence-electron chi connectivity index (χ2n) is 5.25. The van der Waals surface area contributed by atoms with E-state index in [1.54, 1.807) is 12.1 Å². The van der Waals surface area contributed by atoms with Crippen molar-refractivity contribution in [2.24, 2.45) is 7.05 Å². The summed E-state index contributed by atoms with van der Waals surface area (Å²) in [4.78, 5) is 20.8. The molecule has 2 aromatic heterocycles. The summed E-state index contributed by atoms with van der Waals surface area (Å²) in [6, 6.07) is 11.3. The van der Waals surface area contributed by atoms with Crippen LogP contribution in [0.25, 0.3) is 11.0 Å². The maximum Gasteiger partial charge on any atom is 0.340 e. The molecule has 3 aromatic rings. The zero-order chi connectivity index (χ0) is 15.7. The summed E-state index contributed by atoms with van der Waals surface area (Å²) in [5, 5.41) is 0. The Kier molecular flexibility index (Phi) is 3.63. The van der Waals surface area contributed by atoms with Crippen molar-refractivity contribution in [2.45, 2.75) is 20.0 Å². The summed E-state index contributed by atoms with van der Waals surface area (Å²) in [5.74, 6) is 0.321. The van der Waals surface area contributed by atoms with Gasteiger partial charge in [-0.1, -0.05) is 12.1 Å². The van der Waals surface area contributed by atoms with Gasteiger partial charge in [0.25, 0.3) is 0 Å². The van der Waals surface area contributed by atoms with Crippen LogP contribution >= 0.6 is 0 Å². The average Bonchev–Trinajstić information content (AvgIpc) is 2.85. The van der Waals surface area contributed by atoms with Gasteiger partial charge in [-0.25, -0.2) is 9.78 Å². The van der Waals surface area contributed by atoms with Crippen LogP contribution in [0.1, 0.15) is 34.9 Å². The van der Waals surface area contributed by atoms with Gasteiger partial charge in [-0.05, 0) is 38.1 Å². The van der Waals surface area contributed by atoms with Crippen LogP contribution in [-0.4, -0.2) is 20.5 Å². The summed E-state index contributed by atoms with van der Waals surface area (Å²) in [5.41, 5.74) is 3.20. The zero-order valence-electron chi connectivity index (χ0n) is 12.8. The van der Waals surface area contributed by atoms with Gasteiger partial charge in [0.2, 0.25) is 0 Å². The smallest absolute Gasteiger partial charge is 0.340 e. The van der Waals surface area contributed by atoms with E-state index in [1.165, 1.54) is 6.20 Å². The molecule has 0 aliphatic carbocycles. The van der Waals surface area contributed by atoms with E-state index in [0.29, 0.717) is 5.56 Å². The molecule has 0 spiro atoms. The van der Waals surface area contributed by atoms with Crippen molar-refractivity contribution in [3.63, 3.8) is 0 Å². The molecule has 2 heterocycles. The number of carbonyl (C=O) groups excluding carboxylic acids is 1. The molecule has 0 aliphatic rings. The molecule has 1 aromatic carbocycles. The number of nitrogens with zero attached hydrogens (tertiary/aromatic N) is 3. The van der Waals surface area contributed by atoms with Crippen LogP contribution in [0.2, 0.25) is 0 Å². The number of pyridine rings is 1. The molecule has 0 N–H and O–H groups in total. The highest BCUT2D eigenvalue weighted by molar-refractivity contribution is 5.89. The predicted molar refractivity (Wildman–Crippen MR) is 83.5 cm³/mol. The van der Waals surface area contributed by atoms with Crippen LogP contribution in [0.4, 0.5) is 0 Å². The van der Waals surface area contributed by atoms with Crippen LogP contribution in [-0.2, 0) is 11.8 Å². The Balaban J connectivity index is 1.83. The van der Waals surface area contributed by atoms with Crippen LogP contribution in [0.3, 0.4) is 0 Å². The van der Waals surface area contributed by atoms with Crippen molar-refractivity contribution in [2.75, 3.05) is 0 Å². The van der Waals surface area contributed by atoms with Crippen molar-refractivity contribution in [3.8, 4) is 0 Å². The minimum Gasteiger partial charge on any atom is -0.451 e. The maximum absolute atomic E-state index is 12.2. The van der Waals surface area contributed by atoms with E-state index in [2.05, 4.69) is 9.97 Å². The minimum absolute atomic E-state index is 0.396. The van der Waals surface area contributed by atoms with Gasteiger partial charge in [-0.2, -0.15) is 0 Å². The number of hydrogen-bond donors (Lipinski definition) is 0. The van der Waals surface area contributed by atoms with Gasteiger partial charge in [-0.15, -0.1) is 0 Å². The van der Waals surface area contributed by atoms with E-state index >= 15 is 0 Å². The molecular weight excluding hydrogens is 278 g/mol. The zero-order valence-corrected chi connectivity index (χ0v) is 12.8. The Morgan fingerprint density at radius 1 is 1.23 bits per heavy atom. The Morgan fingerprint density at radius 3 is 2.68 bits per heavy atom. The first kappa shape index (κ1) is 14.3. The van der Waals surface area contributed by atoms with Crippen LogP contribution in [0.5, 0.6) is 0 Å². The second-order valence-corrected chi connectivity index (χ2v) is 5.25. The number of hydrogen-bond acceptors (Lipinski definition) is 4. The maximum atomic E-state index is 12.2. The lowest BCUT2D eigenvalue weighted by Gasteiger charge is -2.13. The van der Waals surface area contributed by atoms with E-state index in [4.69, 9.17) is 4.74 Å². The molecule has 5 nitrogen and oxygen atoms in total. The highest BCUT2D eigenvalue weighted by Crippen LogP contribution is 2.22. The molecule has 0 radical (unpaired) electrons. The van der Waals surface area contributed by atoms with Gasteiger partial charge in [-0.3, -0.25) is 4.98 Å². The van der Waals surface area contributed by atoms with E-state index in [-0.39, 0.29) is 0 Å².